The van der Waals surface area contributed by atoms with Crippen LogP contribution in [0.5, 0.6) is 0 Å². The van der Waals surface area contributed by atoms with Crippen LogP contribution in [0.1, 0.15) is 61.8 Å². The monoisotopic (exact) mass is 441 g/mol. The van der Waals surface area contributed by atoms with E-state index in [0.29, 0.717) is 19.8 Å². The predicted molar refractivity (Wildman–Crippen MR) is 123 cm³/mol. The number of ether oxygens (including phenoxy) is 2. The van der Waals surface area contributed by atoms with E-state index < -0.39 is 13.9 Å². The molecule has 0 aromatic rings. The Hall–Kier alpha value is -1.34. The molecule has 0 aromatic carbocycles. The minimum absolute atomic E-state index is 0.00469. The SMILES string of the molecule is C=C(C)[C@H]1CN(C(=O)OC(C)(C)C)[C@H](CO[Si](C)(C)C(C)(C)C)[C@H]1CC(=O)OCC. The lowest BCUT2D eigenvalue weighted by molar-refractivity contribution is -0.144. The van der Waals surface area contributed by atoms with Crippen molar-refractivity contribution < 1.29 is 23.5 Å². The summed E-state index contributed by atoms with van der Waals surface area (Å²) in [5.74, 6) is -0.370. The summed E-state index contributed by atoms with van der Waals surface area (Å²) in [6.07, 6.45) is -0.139. The zero-order valence-corrected chi connectivity index (χ0v) is 21.8. The number of nitrogens with zero attached hydrogens (tertiary/aromatic N) is 1. The molecule has 1 heterocycles. The number of amides is 1. The Kier molecular flexibility index (Phi) is 8.77. The maximum Gasteiger partial charge on any atom is 0.410 e. The largest absolute Gasteiger partial charge is 0.466 e. The first-order valence-electron chi connectivity index (χ1n) is 10.9. The maximum absolute atomic E-state index is 13.0. The van der Waals surface area contributed by atoms with Gasteiger partial charge in [0.25, 0.3) is 0 Å². The maximum atomic E-state index is 13.0. The highest BCUT2D eigenvalue weighted by molar-refractivity contribution is 6.74. The molecule has 0 bridgehead atoms. The first-order chi connectivity index (χ1) is 13.5. The van der Waals surface area contributed by atoms with Crippen LogP contribution in [0.4, 0.5) is 4.79 Å². The van der Waals surface area contributed by atoms with E-state index in [9.17, 15) is 9.59 Å². The van der Waals surface area contributed by atoms with Crippen molar-refractivity contribution in [3.8, 4) is 0 Å². The molecule has 1 amide bonds. The second kappa shape index (κ2) is 9.85. The van der Waals surface area contributed by atoms with Crippen molar-refractivity contribution in [3.63, 3.8) is 0 Å². The Morgan fingerprint density at radius 1 is 1.13 bits per heavy atom. The number of rotatable bonds is 7. The number of esters is 1. The van der Waals surface area contributed by atoms with E-state index in [0.717, 1.165) is 5.57 Å². The smallest absolute Gasteiger partial charge is 0.410 e. The highest BCUT2D eigenvalue weighted by Gasteiger charge is 2.48. The van der Waals surface area contributed by atoms with Gasteiger partial charge in [0.15, 0.2) is 8.32 Å². The van der Waals surface area contributed by atoms with Crippen molar-refractivity contribution in [1.82, 2.24) is 4.90 Å². The molecule has 7 heteroatoms. The summed E-state index contributed by atoms with van der Waals surface area (Å²) >= 11 is 0. The lowest BCUT2D eigenvalue weighted by Crippen LogP contribution is -2.48. The molecule has 1 saturated heterocycles. The Morgan fingerprint density at radius 3 is 2.13 bits per heavy atom. The number of hydrogen-bond acceptors (Lipinski definition) is 5. The Labute approximate surface area is 184 Å². The van der Waals surface area contributed by atoms with Gasteiger partial charge in [0.05, 0.1) is 25.7 Å². The minimum Gasteiger partial charge on any atom is -0.466 e. The molecule has 6 nitrogen and oxygen atoms in total. The number of likely N-dealkylation sites (tertiary alicyclic amines) is 1. The number of carbonyl (C=O) groups is 2. The van der Waals surface area contributed by atoms with E-state index in [-0.39, 0.29) is 41.4 Å². The minimum atomic E-state index is -2.03. The Morgan fingerprint density at radius 2 is 1.70 bits per heavy atom. The van der Waals surface area contributed by atoms with Crippen LogP contribution in [-0.2, 0) is 18.7 Å². The van der Waals surface area contributed by atoms with Crippen LogP contribution in [0.3, 0.4) is 0 Å². The van der Waals surface area contributed by atoms with Gasteiger partial charge in [-0.1, -0.05) is 32.9 Å². The molecule has 0 aliphatic carbocycles. The molecule has 1 rings (SSSR count). The highest BCUT2D eigenvalue weighted by Crippen LogP contribution is 2.41. The van der Waals surface area contributed by atoms with Crippen molar-refractivity contribution in [2.45, 2.75) is 91.6 Å². The summed E-state index contributed by atoms with van der Waals surface area (Å²) in [6.45, 7) is 25.6. The molecular weight excluding hydrogens is 398 g/mol. The molecule has 0 N–H and O–H groups in total. The van der Waals surface area contributed by atoms with E-state index in [1.807, 2.05) is 27.7 Å². The predicted octanol–water partition coefficient (Wildman–Crippen LogP) is 5.39. The first-order valence-corrected chi connectivity index (χ1v) is 13.9. The molecule has 0 radical (unpaired) electrons. The molecular formula is C23H43NO5Si. The summed E-state index contributed by atoms with van der Waals surface area (Å²) in [6, 6.07) is -0.264. The lowest BCUT2D eigenvalue weighted by atomic mass is 9.84. The number of hydrogen-bond donors (Lipinski definition) is 0. The molecule has 1 aliphatic rings. The van der Waals surface area contributed by atoms with Crippen LogP contribution in [-0.4, -0.2) is 56.7 Å². The zero-order chi connectivity index (χ0) is 23.5. The fourth-order valence-corrected chi connectivity index (χ4v) is 4.47. The van der Waals surface area contributed by atoms with E-state index in [2.05, 4.69) is 40.4 Å². The lowest BCUT2D eigenvalue weighted by Gasteiger charge is -2.39. The number of carbonyl (C=O) groups excluding carboxylic acids is 2. The quantitative estimate of drug-likeness (QED) is 0.301. The van der Waals surface area contributed by atoms with Gasteiger partial charge < -0.3 is 18.8 Å². The van der Waals surface area contributed by atoms with Gasteiger partial charge in [-0.3, -0.25) is 4.79 Å². The molecule has 174 valence electrons. The molecule has 3 atom stereocenters. The summed E-state index contributed by atoms with van der Waals surface area (Å²) in [4.78, 5) is 27.1. The summed E-state index contributed by atoms with van der Waals surface area (Å²) in [5, 5.41) is 0.0484. The van der Waals surface area contributed by atoms with Crippen LogP contribution in [0, 0.1) is 11.8 Å². The summed E-state index contributed by atoms with van der Waals surface area (Å²) < 4.78 is 17.4. The van der Waals surface area contributed by atoms with Gasteiger partial charge in [-0.25, -0.2) is 4.79 Å². The van der Waals surface area contributed by atoms with Gasteiger partial charge in [0, 0.05) is 18.4 Å². The van der Waals surface area contributed by atoms with Crippen molar-refractivity contribution in [3.05, 3.63) is 12.2 Å². The first kappa shape index (κ1) is 26.7. The van der Waals surface area contributed by atoms with Crippen molar-refractivity contribution in [2.75, 3.05) is 19.8 Å². The highest BCUT2D eigenvalue weighted by atomic mass is 28.4. The topological polar surface area (TPSA) is 65.1 Å². The van der Waals surface area contributed by atoms with Gasteiger partial charge in [-0.15, -0.1) is 0 Å². The van der Waals surface area contributed by atoms with E-state index in [4.69, 9.17) is 13.9 Å². The molecule has 0 spiro atoms. The standard InChI is InChI=1S/C23H43NO5Si/c1-12-27-20(25)13-17-18(16(2)3)14-24(21(26)29-22(4,5)6)19(17)15-28-30(10,11)23(7,8)9/h17-19H,2,12-15H2,1,3-11H3/t17-,18+,19+/m0/s1. The van der Waals surface area contributed by atoms with Crippen LogP contribution in [0.2, 0.25) is 18.1 Å². The third-order valence-electron chi connectivity index (χ3n) is 6.19. The second-order valence-corrected chi connectivity index (χ2v) is 15.7. The fraction of sp³-hybridized carbons (Fsp3) is 0.826. The van der Waals surface area contributed by atoms with Crippen molar-refractivity contribution in [1.29, 1.82) is 0 Å². The van der Waals surface area contributed by atoms with E-state index in [1.165, 1.54) is 0 Å². The van der Waals surface area contributed by atoms with Crippen LogP contribution in [0.25, 0.3) is 0 Å². The molecule has 1 fully saturated rings. The van der Waals surface area contributed by atoms with Gasteiger partial charge >= 0.3 is 12.1 Å². The zero-order valence-electron chi connectivity index (χ0n) is 20.8. The summed E-state index contributed by atoms with van der Waals surface area (Å²) in [5.41, 5.74) is 0.354. The third-order valence-corrected chi connectivity index (χ3v) is 10.7. The molecule has 1 aliphatic heterocycles. The van der Waals surface area contributed by atoms with Gasteiger partial charge in [-0.2, -0.15) is 0 Å². The third kappa shape index (κ3) is 7.12. The van der Waals surface area contributed by atoms with Gasteiger partial charge in [0.1, 0.15) is 5.60 Å². The average Bonchev–Trinajstić information content (AvgIpc) is 2.89. The van der Waals surface area contributed by atoms with Crippen molar-refractivity contribution in [2.24, 2.45) is 11.8 Å². The van der Waals surface area contributed by atoms with Gasteiger partial charge in [0.2, 0.25) is 0 Å². The average molecular weight is 442 g/mol. The molecule has 0 saturated carbocycles. The van der Waals surface area contributed by atoms with E-state index in [1.54, 1.807) is 11.8 Å². The Balaban J connectivity index is 3.22. The van der Waals surface area contributed by atoms with Gasteiger partial charge in [-0.05, 0) is 52.8 Å². The summed E-state index contributed by atoms with van der Waals surface area (Å²) in [7, 11) is -2.03. The Bertz CT molecular complexity index is 632. The van der Waals surface area contributed by atoms with Crippen molar-refractivity contribution >= 4 is 20.4 Å². The van der Waals surface area contributed by atoms with E-state index >= 15 is 0 Å². The van der Waals surface area contributed by atoms with Crippen LogP contribution >= 0.6 is 0 Å². The molecule has 0 aromatic heterocycles. The normalized spacial score (nSPS) is 22.7. The second-order valence-electron chi connectivity index (χ2n) is 10.9. The van der Waals surface area contributed by atoms with Crippen LogP contribution in [0.15, 0.2) is 12.2 Å². The molecule has 30 heavy (non-hydrogen) atoms. The van der Waals surface area contributed by atoms with Crippen LogP contribution < -0.4 is 0 Å². The molecule has 0 unspecified atom stereocenters. The fourth-order valence-electron chi connectivity index (χ4n) is 3.45.